The normalized spacial score (nSPS) is 17.2. The number of carbonyl (C=O) groups excluding carboxylic acids is 1. The Bertz CT molecular complexity index is 978. The number of alkyl halides is 3. The largest absolute Gasteiger partial charge is 0.416 e. The minimum absolute atomic E-state index is 0.00585. The number of hydrogen-bond acceptors (Lipinski definition) is 1. The lowest BCUT2D eigenvalue weighted by Gasteiger charge is -2.29. The van der Waals surface area contributed by atoms with Crippen molar-refractivity contribution < 1.29 is 18.0 Å². The number of rotatable bonds is 1. The number of amides is 1. The van der Waals surface area contributed by atoms with Crippen LogP contribution in [0.15, 0.2) is 60.7 Å². The first-order valence-corrected chi connectivity index (χ1v) is 7.93. The van der Waals surface area contributed by atoms with Crippen molar-refractivity contribution in [3.63, 3.8) is 0 Å². The highest BCUT2D eigenvalue weighted by Crippen LogP contribution is 2.45. The Morgan fingerprint density at radius 2 is 1.64 bits per heavy atom. The summed E-state index contributed by atoms with van der Waals surface area (Å²) in [4.78, 5) is 12.1. The molecule has 1 amide bonds. The summed E-state index contributed by atoms with van der Waals surface area (Å²) in [5.41, 5.74) is 0.780. The molecule has 126 valence electrons. The van der Waals surface area contributed by atoms with E-state index in [1.54, 1.807) is 12.1 Å². The average molecular weight is 341 g/mol. The van der Waals surface area contributed by atoms with Crippen LogP contribution < -0.4 is 5.32 Å². The summed E-state index contributed by atoms with van der Waals surface area (Å²) in [7, 11) is 0. The predicted octanol–water partition coefficient (Wildman–Crippen LogP) is 5.33. The van der Waals surface area contributed by atoms with Crippen LogP contribution >= 0.6 is 0 Å². The number of nitrogens with one attached hydrogen (secondary N) is 1. The Hall–Kier alpha value is -2.82. The van der Waals surface area contributed by atoms with Gasteiger partial charge in [0, 0.05) is 18.0 Å². The summed E-state index contributed by atoms with van der Waals surface area (Å²) in [5.74, 6) is -0.905. The monoisotopic (exact) mass is 341 g/mol. The van der Waals surface area contributed by atoms with Crippen molar-refractivity contribution in [2.75, 3.05) is 5.32 Å². The molecule has 2 nitrogen and oxygen atoms in total. The molecule has 0 bridgehead atoms. The second-order valence-electron chi connectivity index (χ2n) is 6.14. The molecule has 1 atom stereocenters. The number of fused-ring (bicyclic) bond motifs is 3. The van der Waals surface area contributed by atoms with Crippen LogP contribution in [0.2, 0.25) is 0 Å². The summed E-state index contributed by atoms with van der Waals surface area (Å²) in [6.45, 7) is 0. The van der Waals surface area contributed by atoms with Gasteiger partial charge in [-0.15, -0.1) is 0 Å². The van der Waals surface area contributed by atoms with E-state index in [2.05, 4.69) is 5.32 Å². The summed E-state index contributed by atoms with van der Waals surface area (Å²) >= 11 is 0. The molecular weight excluding hydrogens is 327 g/mol. The number of anilines is 1. The molecule has 0 aliphatic carbocycles. The fraction of sp³-hybridized carbons (Fsp3) is 0.150. The van der Waals surface area contributed by atoms with E-state index in [0.29, 0.717) is 5.69 Å². The van der Waals surface area contributed by atoms with Crippen molar-refractivity contribution >= 4 is 22.4 Å². The first-order valence-electron chi connectivity index (χ1n) is 7.93. The van der Waals surface area contributed by atoms with Crippen LogP contribution in [-0.4, -0.2) is 5.91 Å². The molecule has 3 aromatic rings. The molecule has 4 rings (SSSR count). The fourth-order valence-electron chi connectivity index (χ4n) is 3.59. The smallest absolute Gasteiger partial charge is 0.326 e. The fourth-order valence-corrected chi connectivity index (χ4v) is 3.59. The molecule has 3 aromatic carbocycles. The molecule has 0 aromatic heterocycles. The van der Waals surface area contributed by atoms with Gasteiger partial charge < -0.3 is 5.32 Å². The molecular formula is C20H14F3NO. The Balaban J connectivity index is 2.00. The van der Waals surface area contributed by atoms with Crippen LogP contribution in [-0.2, 0) is 11.0 Å². The summed E-state index contributed by atoms with van der Waals surface area (Å²) in [6, 6.07) is 16.7. The van der Waals surface area contributed by atoms with E-state index in [4.69, 9.17) is 0 Å². The van der Waals surface area contributed by atoms with Crippen molar-refractivity contribution in [3.05, 3.63) is 77.4 Å². The highest BCUT2D eigenvalue weighted by Gasteiger charge is 2.38. The van der Waals surface area contributed by atoms with Gasteiger partial charge in [0.2, 0.25) is 5.91 Å². The molecule has 0 saturated heterocycles. The molecule has 5 heteroatoms. The molecule has 1 heterocycles. The third kappa shape index (κ3) is 2.65. The maximum absolute atomic E-state index is 13.5. The molecule has 25 heavy (non-hydrogen) atoms. The molecule has 1 N–H and O–H groups in total. The SMILES string of the molecule is O=C1CC(c2ccccc2C(F)(F)F)c2c(ccc3ccccc23)N1. The molecule has 1 aliphatic rings. The first kappa shape index (κ1) is 15.7. The summed E-state index contributed by atoms with van der Waals surface area (Å²) in [5, 5.41) is 4.59. The lowest BCUT2D eigenvalue weighted by atomic mass is 9.80. The summed E-state index contributed by atoms with van der Waals surface area (Å²) < 4.78 is 40.5. The zero-order chi connectivity index (χ0) is 17.6. The van der Waals surface area contributed by atoms with Gasteiger partial charge in [-0.2, -0.15) is 13.2 Å². The number of halogens is 3. The average Bonchev–Trinajstić information content (AvgIpc) is 2.60. The van der Waals surface area contributed by atoms with Crippen molar-refractivity contribution in [2.24, 2.45) is 0 Å². The highest BCUT2D eigenvalue weighted by molar-refractivity contribution is 6.01. The van der Waals surface area contributed by atoms with E-state index in [-0.39, 0.29) is 17.9 Å². The van der Waals surface area contributed by atoms with E-state index < -0.39 is 17.7 Å². The maximum Gasteiger partial charge on any atom is 0.416 e. The van der Waals surface area contributed by atoms with Crippen molar-refractivity contribution in [3.8, 4) is 0 Å². The van der Waals surface area contributed by atoms with Gasteiger partial charge in [0.15, 0.2) is 0 Å². The van der Waals surface area contributed by atoms with E-state index in [9.17, 15) is 18.0 Å². The predicted molar refractivity (Wildman–Crippen MR) is 90.5 cm³/mol. The second-order valence-corrected chi connectivity index (χ2v) is 6.14. The minimum Gasteiger partial charge on any atom is -0.326 e. The molecule has 0 saturated carbocycles. The van der Waals surface area contributed by atoms with Crippen molar-refractivity contribution in [1.29, 1.82) is 0 Å². The molecule has 0 radical (unpaired) electrons. The topological polar surface area (TPSA) is 29.1 Å². The van der Waals surface area contributed by atoms with E-state index in [1.165, 1.54) is 12.1 Å². The Labute approximate surface area is 142 Å². The van der Waals surface area contributed by atoms with Crippen LogP contribution in [0.4, 0.5) is 18.9 Å². The maximum atomic E-state index is 13.5. The lowest BCUT2D eigenvalue weighted by molar-refractivity contribution is -0.138. The van der Waals surface area contributed by atoms with Gasteiger partial charge in [-0.05, 0) is 34.0 Å². The Kier molecular flexibility index (Phi) is 3.53. The summed E-state index contributed by atoms with van der Waals surface area (Å²) in [6.07, 6.45) is -4.47. The van der Waals surface area contributed by atoms with Gasteiger partial charge in [0.1, 0.15) is 0 Å². The molecule has 1 aliphatic heterocycles. The van der Waals surface area contributed by atoms with Gasteiger partial charge in [-0.3, -0.25) is 4.79 Å². The zero-order valence-electron chi connectivity index (χ0n) is 13.1. The van der Waals surface area contributed by atoms with Crippen LogP contribution in [0.1, 0.15) is 29.0 Å². The number of carbonyl (C=O) groups is 1. The Morgan fingerprint density at radius 3 is 2.44 bits per heavy atom. The molecule has 0 spiro atoms. The van der Waals surface area contributed by atoms with Crippen molar-refractivity contribution in [1.82, 2.24) is 0 Å². The standard InChI is InChI=1S/C20H14F3NO/c21-20(22,23)16-8-4-3-7-14(16)15-11-18(25)24-17-10-9-12-5-1-2-6-13(12)19(15)17/h1-10,15H,11H2,(H,24,25). The minimum atomic E-state index is -4.46. The number of hydrogen-bond donors (Lipinski definition) is 1. The van der Waals surface area contributed by atoms with Crippen LogP contribution in [0.25, 0.3) is 10.8 Å². The third-order valence-electron chi connectivity index (χ3n) is 4.62. The second kappa shape index (κ2) is 5.62. The highest BCUT2D eigenvalue weighted by atomic mass is 19.4. The lowest BCUT2D eigenvalue weighted by Crippen LogP contribution is -2.25. The van der Waals surface area contributed by atoms with Crippen molar-refractivity contribution in [2.45, 2.75) is 18.5 Å². The van der Waals surface area contributed by atoms with Crippen LogP contribution in [0, 0.1) is 0 Å². The molecule has 1 unspecified atom stereocenters. The number of benzene rings is 3. The Morgan fingerprint density at radius 1 is 0.920 bits per heavy atom. The van der Waals surface area contributed by atoms with Crippen LogP contribution in [0.5, 0.6) is 0 Å². The van der Waals surface area contributed by atoms with E-state index >= 15 is 0 Å². The van der Waals surface area contributed by atoms with Gasteiger partial charge in [0.25, 0.3) is 0 Å². The van der Waals surface area contributed by atoms with E-state index in [1.807, 2.05) is 30.3 Å². The van der Waals surface area contributed by atoms with Gasteiger partial charge in [0.05, 0.1) is 5.56 Å². The van der Waals surface area contributed by atoms with Gasteiger partial charge >= 0.3 is 6.18 Å². The van der Waals surface area contributed by atoms with Gasteiger partial charge in [-0.25, -0.2) is 0 Å². The first-order chi connectivity index (χ1) is 11.9. The van der Waals surface area contributed by atoms with E-state index in [0.717, 1.165) is 22.4 Å². The van der Waals surface area contributed by atoms with Gasteiger partial charge in [-0.1, -0.05) is 48.5 Å². The quantitative estimate of drug-likeness (QED) is 0.636. The van der Waals surface area contributed by atoms with Crippen LogP contribution in [0.3, 0.4) is 0 Å². The molecule has 0 fully saturated rings. The zero-order valence-corrected chi connectivity index (χ0v) is 13.1. The third-order valence-corrected chi connectivity index (χ3v) is 4.62.